The molecule has 0 bridgehead atoms. The van der Waals surface area contributed by atoms with E-state index in [1.54, 1.807) is 12.1 Å². The monoisotopic (exact) mass is 316 g/mol. The molecule has 1 atom stereocenters. The fraction of sp³-hybridized carbons (Fsp3) is 0.136. The van der Waals surface area contributed by atoms with Crippen LogP contribution < -0.4 is 4.74 Å². The third kappa shape index (κ3) is 3.54. The van der Waals surface area contributed by atoms with Crippen molar-refractivity contribution in [2.24, 2.45) is 0 Å². The summed E-state index contributed by atoms with van der Waals surface area (Å²) >= 11 is 0. The molecule has 0 N–H and O–H groups in total. The minimum absolute atomic E-state index is 0.143. The highest BCUT2D eigenvalue weighted by Gasteiger charge is 2.17. The van der Waals surface area contributed by atoms with E-state index in [1.807, 2.05) is 55.5 Å². The lowest BCUT2D eigenvalue weighted by molar-refractivity contribution is 0.0733. The van der Waals surface area contributed by atoms with Gasteiger partial charge in [-0.2, -0.15) is 0 Å². The lowest BCUT2D eigenvalue weighted by atomic mass is 9.91. The molecule has 1 unspecified atom stereocenters. The molecule has 0 fully saturated rings. The normalized spacial score (nSPS) is 11.8. The molecule has 0 saturated carbocycles. The molecule has 0 saturated heterocycles. The van der Waals surface area contributed by atoms with Crippen LogP contribution in [0.2, 0.25) is 0 Å². The summed E-state index contributed by atoms with van der Waals surface area (Å²) in [7, 11) is 0. The average molecular weight is 316 g/mol. The van der Waals surface area contributed by atoms with Crippen LogP contribution in [0.5, 0.6) is 5.75 Å². The van der Waals surface area contributed by atoms with Crippen LogP contribution in [0.15, 0.2) is 78.9 Å². The lowest BCUT2D eigenvalue weighted by Gasteiger charge is -2.17. The van der Waals surface area contributed by atoms with Gasteiger partial charge in [-0.1, -0.05) is 73.2 Å². The molecule has 2 heteroatoms. The minimum atomic E-state index is -0.332. The van der Waals surface area contributed by atoms with E-state index in [0.29, 0.717) is 11.3 Å². The summed E-state index contributed by atoms with van der Waals surface area (Å²) < 4.78 is 5.69. The SMILES string of the molecule is Cc1ccc(OC(=O)c2ccccc2)c(C(C)c2ccccc2)c1. The zero-order valence-electron chi connectivity index (χ0n) is 13.9. The van der Waals surface area contributed by atoms with Gasteiger partial charge in [0.1, 0.15) is 5.75 Å². The Labute approximate surface area is 142 Å². The molecule has 24 heavy (non-hydrogen) atoms. The molecule has 0 heterocycles. The van der Waals surface area contributed by atoms with Gasteiger partial charge in [-0.05, 0) is 30.7 Å². The van der Waals surface area contributed by atoms with Gasteiger partial charge in [0.15, 0.2) is 0 Å². The summed E-state index contributed by atoms with van der Waals surface area (Å²) in [5.74, 6) is 0.427. The van der Waals surface area contributed by atoms with Crippen LogP contribution in [0.4, 0.5) is 0 Å². The predicted molar refractivity (Wildman–Crippen MR) is 96.5 cm³/mol. The number of rotatable bonds is 4. The molecule has 0 amide bonds. The van der Waals surface area contributed by atoms with E-state index in [4.69, 9.17) is 4.74 Å². The van der Waals surface area contributed by atoms with Crippen LogP contribution in [0.1, 0.15) is 39.9 Å². The van der Waals surface area contributed by atoms with Crippen molar-refractivity contribution >= 4 is 5.97 Å². The van der Waals surface area contributed by atoms with E-state index in [-0.39, 0.29) is 11.9 Å². The van der Waals surface area contributed by atoms with Crippen LogP contribution in [0, 0.1) is 6.92 Å². The first kappa shape index (κ1) is 16.0. The van der Waals surface area contributed by atoms with Gasteiger partial charge >= 0.3 is 5.97 Å². The smallest absolute Gasteiger partial charge is 0.343 e. The lowest BCUT2D eigenvalue weighted by Crippen LogP contribution is -2.11. The summed E-state index contributed by atoms with van der Waals surface area (Å²) in [6.07, 6.45) is 0. The molecule has 0 aliphatic heterocycles. The number of benzene rings is 3. The molecular formula is C22H20O2. The topological polar surface area (TPSA) is 26.3 Å². The second-order valence-corrected chi connectivity index (χ2v) is 5.93. The van der Waals surface area contributed by atoms with E-state index >= 15 is 0 Å². The highest BCUT2D eigenvalue weighted by Crippen LogP contribution is 2.32. The number of aryl methyl sites for hydroxylation is 1. The molecule has 3 rings (SSSR count). The predicted octanol–water partition coefficient (Wildman–Crippen LogP) is 5.37. The number of esters is 1. The van der Waals surface area contributed by atoms with Gasteiger partial charge in [0.25, 0.3) is 0 Å². The summed E-state index contributed by atoms with van der Waals surface area (Å²) in [5.41, 5.74) is 3.91. The molecule has 120 valence electrons. The Morgan fingerprint density at radius 2 is 1.50 bits per heavy atom. The summed E-state index contributed by atoms with van der Waals surface area (Å²) in [6.45, 7) is 4.17. The molecule has 0 aliphatic carbocycles. The van der Waals surface area contributed by atoms with Gasteiger partial charge < -0.3 is 4.74 Å². The van der Waals surface area contributed by atoms with E-state index in [2.05, 4.69) is 25.1 Å². The second-order valence-electron chi connectivity index (χ2n) is 5.93. The van der Waals surface area contributed by atoms with Gasteiger partial charge in [0.05, 0.1) is 5.56 Å². The van der Waals surface area contributed by atoms with Crippen molar-refractivity contribution in [3.05, 3.63) is 101 Å². The Hall–Kier alpha value is -2.87. The van der Waals surface area contributed by atoms with Gasteiger partial charge in [-0.25, -0.2) is 4.79 Å². The first-order chi connectivity index (χ1) is 11.6. The molecule has 0 radical (unpaired) electrons. The van der Waals surface area contributed by atoms with Crippen LogP contribution >= 0.6 is 0 Å². The van der Waals surface area contributed by atoms with E-state index in [1.165, 1.54) is 5.56 Å². The molecule has 0 spiro atoms. The second kappa shape index (κ2) is 7.14. The van der Waals surface area contributed by atoms with Crippen molar-refractivity contribution in [2.45, 2.75) is 19.8 Å². The maximum absolute atomic E-state index is 12.4. The molecule has 3 aromatic rings. The van der Waals surface area contributed by atoms with Gasteiger partial charge in [-0.3, -0.25) is 0 Å². The van der Waals surface area contributed by atoms with Crippen molar-refractivity contribution in [2.75, 3.05) is 0 Å². The maximum atomic E-state index is 12.4. The highest BCUT2D eigenvalue weighted by molar-refractivity contribution is 5.91. The van der Waals surface area contributed by atoms with E-state index in [9.17, 15) is 4.79 Å². The minimum Gasteiger partial charge on any atom is -0.423 e. The van der Waals surface area contributed by atoms with Crippen molar-refractivity contribution < 1.29 is 9.53 Å². The Kier molecular flexibility index (Phi) is 4.76. The van der Waals surface area contributed by atoms with Crippen LogP contribution in [-0.4, -0.2) is 5.97 Å². The number of hydrogen-bond acceptors (Lipinski definition) is 2. The maximum Gasteiger partial charge on any atom is 0.343 e. The average Bonchev–Trinajstić information content (AvgIpc) is 2.64. The summed E-state index contributed by atoms with van der Waals surface area (Å²) in [6, 6.07) is 25.2. The van der Waals surface area contributed by atoms with Gasteiger partial charge in [0, 0.05) is 11.5 Å². The third-order valence-electron chi connectivity index (χ3n) is 4.14. The molecular weight excluding hydrogens is 296 g/mol. The van der Waals surface area contributed by atoms with Crippen molar-refractivity contribution in [3.8, 4) is 5.75 Å². The quantitative estimate of drug-likeness (QED) is 0.478. The number of carbonyl (C=O) groups excluding carboxylic acids is 1. The summed E-state index contributed by atoms with van der Waals surface area (Å²) in [4.78, 5) is 12.4. The van der Waals surface area contributed by atoms with Crippen molar-refractivity contribution in [3.63, 3.8) is 0 Å². The molecule has 3 aromatic carbocycles. The number of hydrogen-bond donors (Lipinski definition) is 0. The fourth-order valence-corrected chi connectivity index (χ4v) is 2.75. The largest absolute Gasteiger partial charge is 0.423 e. The fourth-order valence-electron chi connectivity index (χ4n) is 2.75. The van der Waals surface area contributed by atoms with Gasteiger partial charge in [0.2, 0.25) is 0 Å². The van der Waals surface area contributed by atoms with Crippen LogP contribution in [0.3, 0.4) is 0 Å². The zero-order chi connectivity index (χ0) is 16.9. The van der Waals surface area contributed by atoms with E-state index in [0.717, 1.165) is 11.1 Å². The Bertz CT molecular complexity index is 823. The Balaban J connectivity index is 1.93. The number of ether oxygens (including phenoxy) is 1. The standard InChI is InChI=1S/C22H20O2/c1-16-13-14-21(24-22(23)19-11-7-4-8-12-19)20(15-16)17(2)18-9-5-3-6-10-18/h3-15,17H,1-2H3. The zero-order valence-corrected chi connectivity index (χ0v) is 13.9. The molecule has 0 aromatic heterocycles. The van der Waals surface area contributed by atoms with Crippen molar-refractivity contribution in [1.82, 2.24) is 0 Å². The first-order valence-electron chi connectivity index (χ1n) is 8.08. The van der Waals surface area contributed by atoms with E-state index < -0.39 is 0 Å². The highest BCUT2D eigenvalue weighted by atomic mass is 16.5. The van der Waals surface area contributed by atoms with Crippen LogP contribution in [-0.2, 0) is 0 Å². The number of carbonyl (C=O) groups is 1. The Morgan fingerprint density at radius 3 is 2.17 bits per heavy atom. The van der Waals surface area contributed by atoms with Crippen molar-refractivity contribution in [1.29, 1.82) is 0 Å². The molecule has 2 nitrogen and oxygen atoms in total. The Morgan fingerprint density at radius 1 is 0.875 bits per heavy atom. The van der Waals surface area contributed by atoms with Crippen LogP contribution in [0.25, 0.3) is 0 Å². The third-order valence-corrected chi connectivity index (χ3v) is 4.14. The first-order valence-corrected chi connectivity index (χ1v) is 8.08. The molecule has 0 aliphatic rings. The summed E-state index contributed by atoms with van der Waals surface area (Å²) in [5, 5.41) is 0. The van der Waals surface area contributed by atoms with Gasteiger partial charge in [-0.15, -0.1) is 0 Å².